The van der Waals surface area contributed by atoms with E-state index in [9.17, 15) is 0 Å². The first-order chi connectivity index (χ1) is 27.1. The SMILES string of the molecule is CCCCN1C(c2ccccc2)=C(c2ccc(C)cc2)N(C)C1c1c(C)c(C)c(C2N(C)C(c3ccccc3)=C(c3ccc(C)cc3)N2CCCC)c(C)c1C. The van der Waals surface area contributed by atoms with Crippen LogP contribution in [0.3, 0.4) is 0 Å². The van der Waals surface area contributed by atoms with Crippen LogP contribution in [-0.4, -0.2) is 46.8 Å². The summed E-state index contributed by atoms with van der Waals surface area (Å²) in [4.78, 5) is 10.6. The minimum atomic E-state index is 0.0677. The maximum Gasteiger partial charge on any atom is 0.128 e. The van der Waals surface area contributed by atoms with E-state index < -0.39 is 0 Å². The molecule has 0 saturated heterocycles. The van der Waals surface area contributed by atoms with Gasteiger partial charge in [-0.2, -0.15) is 0 Å². The second-order valence-corrected chi connectivity index (χ2v) is 16.2. The Labute approximate surface area is 337 Å². The third kappa shape index (κ3) is 6.93. The molecule has 0 aromatic heterocycles. The van der Waals surface area contributed by atoms with E-state index in [0.29, 0.717) is 0 Å². The molecule has 0 fully saturated rings. The molecule has 0 aliphatic carbocycles. The predicted molar refractivity (Wildman–Crippen MR) is 238 cm³/mol. The normalized spacial score (nSPS) is 17.2. The number of nitrogens with zero attached hydrogens (tertiary/aromatic N) is 4. The average Bonchev–Trinajstić information content (AvgIpc) is 3.66. The molecular weight excluding hydrogens is 681 g/mol. The molecule has 2 atom stereocenters. The van der Waals surface area contributed by atoms with Gasteiger partial charge in [0.1, 0.15) is 12.3 Å². The van der Waals surface area contributed by atoms with Gasteiger partial charge in [0.15, 0.2) is 0 Å². The Morgan fingerprint density at radius 1 is 0.393 bits per heavy atom. The highest BCUT2D eigenvalue weighted by Crippen LogP contribution is 2.53. The van der Waals surface area contributed by atoms with Gasteiger partial charge in [0, 0.05) is 60.6 Å². The lowest BCUT2D eigenvalue weighted by atomic mass is 9.85. The predicted octanol–water partition coefficient (Wildman–Crippen LogP) is 12.7. The lowest BCUT2D eigenvalue weighted by molar-refractivity contribution is 0.184. The first-order valence-electron chi connectivity index (χ1n) is 20.9. The maximum absolute atomic E-state index is 2.73. The summed E-state index contributed by atoms with van der Waals surface area (Å²) in [6.07, 6.45) is 4.68. The van der Waals surface area contributed by atoms with Crippen LogP contribution in [0.15, 0.2) is 109 Å². The third-order valence-electron chi connectivity index (χ3n) is 12.6. The molecule has 0 radical (unpaired) electrons. The Morgan fingerprint density at radius 3 is 1.04 bits per heavy atom. The Bertz CT molecular complexity index is 2150. The van der Waals surface area contributed by atoms with E-state index in [1.165, 1.54) is 89.5 Å². The number of unbranched alkanes of at least 4 members (excludes halogenated alkanes) is 2. The minimum absolute atomic E-state index is 0.0677. The van der Waals surface area contributed by atoms with Crippen molar-refractivity contribution in [2.75, 3.05) is 27.2 Å². The molecule has 2 heterocycles. The summed E-state index contributed by atoms with van der Waals surface area (Å²) in [6.45, 7) is 20.6. The van der Waals surface area contributed by atoms with Crippen LogP contribution in [0.25, 0.3) is 22.8 Å². The lowest BCUT2D eigenvalue weighted by Crippen LogP contribution is -2.35. The van der Waals surface area contributed by atoms with Crippen molar-refractivity contribution in [3.8, 4) is 0 Å². The summed E-state index contributed by atoms with van der Waals surface area (Å²) in [7, 11) is 4.65. The van der Waals surface area contributed by atoms with Crippen molar-refractivity contribution < 1.29 is 0 Å². The Kier molecular flexibility index (Phi) is 11.5. The van der Waals surface area contributed by atoms with Crippen LogP contribution in [0.2, 0.25) is 0 Å². The summed E-state index contributed by atoms with van der Waals surface area (Å²) in [5, 5.41) is 0. The van der Waals surface area contributed by atoms with Crippen molar-refractivity contribution in [3.05, 3.63) is 176 Å². The molecule has 5 aromatic carbocycles. The second-order valence-electron chi connectivity index (χ2n) is 16.2. The molecule has 0 saturated carbocycles. The van der Waals surface area contributed by atoms with Gasteiger partial charge in [-0.05, 0) is 76.6 Å². The van der Waals surface area contributed by atoms with E-state index in [1.54, 1.807) is 0 Å². The Balaban J connectivity index is 1.41. The summed E-state index contributed by atoms with van der Waals surface area (Å²) in [5.74, 6) is 0. The standard InChI is InChI=1S/C52H62N4/c1-11-13-33-55-49(42-23-19-16-20-24-42)48(43-29-25-35(3)26-30-43)54(10)52(55)46-39(7)37(5)45(38(6)40(46)8)51-53(9)47(41-21-17-15-18-22-41)50(56(51)34-14-12-2)44-31-27-36(4)28-32-44/h15-32,51-52H,11-14,33-34H2,1-10H3. The lowest BCUT2D eigenvalue weighted by Gasteiger charge is -2.39. The molecule has 0 spiro atoms. The second kappa shape index (κ2) is 16.5. The molecular formula is C52H62N4. The minimum Gasteiger partial charge on any atom is -0.348 e. The number of hydrogen-bond donors (Lipinski definition) is 0. The van der Waals surface area contributed by atoms with E-state index in [1.807, 2.05) is 0 Å². The van der Waals surface area contributed by atoms with Gasteiger partial charge in [0.05, 0.1) is 22.8 Å². The number of benzene rings is 5. The summed E-state index contributed by atoms with van der Waals surface area (Å²) in [6, 6.07) is 40.5. The highest BCUT2D eigenvalue weighted by Gasteiger charge is 2.43. The van der Waals surface area contributed by atoms with Gasteiger partial charge >= 0.3 is 0 Å². The molecule has 290 valence electrons. The summed E-state index contributed by atoms with van der Waals surface area (Å²) < 4.78 is 0. The maximum atomic E-state index is 2.73. The molecule has 7 rings (SSSR count). The molecule has 2 aliphatic rings. The van der Waals surface area contributed by atoms with E-state index >= 15 is 0 Å². The van der Waals surface area contributed by atoms with Crippen molar-refractivity contribution in [2.24, 2.45) is 0 Å². The van der Waals surface area contributed by atoms with E-state index in [4.69, 9.17) is 0 Å². The van der Waals surface area contributed by atoms with Crippen molar-refractivity contribution in [1.29, 1.82) is 0 Å². The molecule has 0 bridgehead atoms. The van der Waals surface area contributed by atoms with Crippen molar-refractivity contribution in [3.63, 3.8) is 0 Å². The third-order valence-corrected chi connectivity index (χ3v) is 12.6. The fourth-order valence-electron chi connectivity index (χ4n) is 9.38. The zero-order valence-electron chi connectivity index (χ0n) is 35.6. The molecule has 56 heavy (non-hydrogen) atoms. The van der Waals surface area contributed by atoms with Gasteiger partial charge in [-0.25, -0.2) is 0 Å². The Morgan fingerprint density at radius 2 is 0.696 bits per heavy atom. The zero-order chi connectivity index (χ0) is 39.7. The smallest absolute Gasteiger partial charge is 0.128 e. The van der Waals surface area contributed by atoms with Gasteiger partial charge in [-0.15, -0.1) is 0 Å². The van der Waals surface area contributed by atoms with Crippen LogP contribution >= 0.6 is 0 Å². The first-order valence-corrected chi connectivity index (χ1v) is 20.9. The molecule has 2 unspecified atom stereocenters. The van der Waals surface area contributed by atoms with Crippen LogP contribution in [-0.2, 0) is 0 Å². The topological polar surface area (TPSA) is 13.0 Å². The van der Waals surface area contributed by atoms with Crippen molar-refractivity contribution in [1.82, 2.24) is 19.6 Å². The van der Waals surface area contributed by atoms with Crippen LogP contribution in [0.1, 0.15) is 119 Å². The fraction of sp³-hybridized carbons (Fsp3) is 0.346. The fourth-order valence-corrected chi connectivity index (χ4v) is 9.38. The Hall–Kier alpha value is -5.22. The van der Waals surface area contributed by atoms with Crippen LogP contribution in [0.4, 0.5) is 0 Å². The first kappa shape index (κ1) is 39.0. The molecule has 5 aromatic rings. The van der Waals surface area contributed by atoms with Crippen molar-refractivity contribution in [2.45, 2.75) is 93.4 Å². The van der Waals surface area contributed by atoms with Gasteiger partial charge in [-0.1, -0.05) is 147 Å². The van der Waals surface area contributed by atoms with Gasteiger partial charge in [-0.3, -0.25) is 0 Å². The molecule has 4 nitrogen and oxygen atoms in total. The number of hydrogen-bond acceptors (Lipinski definition) is 4. The molecule has 4 heteroatoms. The van der Waals surface area contributed by atoms with Crippen LogP contribution < -0.4 is 0 Å². The summed E-state index contributed by atoms with van der Waals surface area (Å²) >= 11 is 0. The van der Waals surface area contributed by atoms with Crippen LogP contribution in [0, 0.1) is 41.5 Å². The molecule has 0 amide bonds. The van der Waals surface area contributed by atoms with E-state index in [0.717, 1.165) is 38.8 Å². The molecule has 2 aliphatic heterocycles. The summed E-state index contributed by atoms with van der Waals surface area (Å²) in [5.41, 5.74) is 21.4. The average molecular weight is 743 g/mol. The van der Waals surface area contributed by atoms with Gasteiger partial charge in [0.2, 0.25) is 0 Å². The molecule has 0 N–H and O–H groups in total. The highest BCUT2D eigenvalue weighted by molar-refractivity contribution is 5.93. The number of rotatable bonds is 12. The zero-order valence-corrected chi connectivity index (χ0v) is 35.6. The van der Waals surface area contributed by atoms with Crippen molar-refractivity contribution >= 4 is 22.8 Å². The van der Waals surface area contributed by atoms with Crippen LogP contribution in [0.5, 0.6) is 0 Å². The van der Waals surface area contributed by atoms with E-state index in [-0.39, 0.29) is 12.3 Å². The van der Waals surface area contributed by atoms with Gasteiger partial charge < -0.3 is 19.6 Å². The quantitative estimate of drug-likeness (QED) is 0.126. The van der Waals surface area contributed by atoms with Gasteiger partial charge in [0.25, 0.3) is 0 Å². The largest absolute Gasteiger partial charge is 0.348 e. The van der Waals surface area contributed by atoms with E-state index in [2.05, 4.69) is 198 Å². The number of aryl methyl sites for hydroxylation is 2. The monoisotopic (exact) mass is 742 g/mol. The highest BCUT2D eigenvalue weighted by atomic mass is 15.4.